The Bertz CT molecular complexity index is 693. The van der Waals surface area contributed by atoms with Crippen LogP contribution in [0.3, 0.4) is 0 Å². The molecular formula is C21H30N2O6. The first-order valence-corrected chi connectivity index (χ1v) is 9.94. The summed E-state index contributed by atoms with van der Waals surface area (Å²) in [4.78, 5) is 38.4. The number of amides is 2. The highest BCUT2D eigenvalue weighted by atomic mass is 16.5. The van der Waals surface area contributed by atoms with Gasteiger partial charge >= 0.3 is 5.97 Å². The lowest BCUT2D eigenvalue weighted by Crippen LogP contribution is -2.43. The van der Waals surface area contributed by atoms with E-state index in [2.05, 4.69) is 5.32 Å². The molecule has 0 unspecified atom stereocenters. The number of methoxy groups -OCH3 is 2. The summed E-state index contributed by atoms with van der Waals surface area (Å²) < 4.78 is 15.3. The summed E-state index contributed by atoms with van der Waals surface area (Å²) in [5.41, 5.74) is 0.291. The summed E-state index contributed by atoms with van der Waals surface area (Å²) in [5.74, 6) is -0.407. The fourth-order valence-corrected chi connectivity index (χ4v) is 3.50. The number of carbonyl (C=O) groups is 3. The van der Waals surface area contributed by atoms with E-state index in [0.29, 0.717) is 23.6 Å². The van der Waals surface area contributed by atoms with Crippen molar-refractivity contribution < 1.29 is 28.6 Å². The summed E-state index contributed by atoms with van der Waals surface area (Å²) >= 11 is 0. The molecule has 0 aliphatic heterocycles. The van der Waals surface area contributed by atoms with Crippen molar-refractivity contribution in [3.8, 4) is 11.5 Å². The quantitative estimate of drug-likeness (QED) is 0.632. The summed E-state index contributed by atoms with van der Waals surface area (Å²) in [6.07, 6.45) is 5.43. The molecule has 1 aromatic rings. The summed E-state index contributed by atoms with van der Waals surface area (Å²) in [6, 6.07) is 4.94. The number of rotatable bonds is 9. The Kier molecular flexibility index (Phi) is 8.76. The number of carbonyl (C=O) groups excluding carboxylic acids is 3. The van der Waals surface area contributed by atoms with Crippen LogP contribution >= 0.6 is 0 Å². The van der Waals surface area contributed by atoms with Gasteiger partial charge in [-0.05, 0) is 31.9 Å². The number of hydrogen-bond donors (Lipinski definition) is 1. The fraction of sp³-hybridized carbons (Fsp3) is 0.571. The van der Waals surface area contributed by atoms with E-state index in [1.165, 1.54) is 32.8 Å². The lowest BCUT2D eigenvalue weighted by Gasteiger charge is -2.33. The van der Waals surface area contributed by atoms with Crippen molar-refractivity contribution in [2.24, 2.45) is 0 Å². The molecule has 0 saturated heterocycles. The highest BCUT2D eigenvalue weighted by Gasteiger charge is 2.24. The van der Waals surface area contributed by atoms with Crippen LogP contribution in [-0.4, -0.2) is 62.6 Å². The second-order valence-electron chi connectivity index (χ2n) is 6.92. The molecule has 8 heteroatoms. The van der Waals surface area contributed by atoms with E-state index >= 15 is 0 Å². The zero-order chi connectivity index (χ0) is 21.2. The predicted octanol–water partition coefficient (Wildman–Crippen LogP) is 2.16. The number of nitrogens with zero attached hydrogens (tertiary/aromatic N) is 1. The number of nitrogens with one attached hydrogen (secondary N) is 1. The van der Waals surface area contributed by atoms with Crippen LogP contribution in [0.2, 0.25) is 0 Å². The van der Waals surface area contributed by atoms with Crippen LogP contribution in [0.15, 0.2) is 18.2 Å². The largest absolute Gasteiger partial charge is 0.497 e. The third-order valence-corrected chi connectivity index (χ3v) is 5.04. The van der Waals surface area contributed by atoms with Crippen LogP contribution in [0.5, 0.6) is 11.5 Å². The molecule has 1 aliphatic carbocycles. The molecule has 0 heterocycles. The van der Waals surface area contributed by atoms with E-state index in [4.69, 9.17) is 14.2 Å². The Balaban J connectivity index is 1.81. The van der Waals surface area contributed by atoms with Crippen molar-refractivity contribution in [1.82, 2.24) is 10.2 Å². The van der Waals surface area contributed by atoms with Gasteiger partial charge in [-0.3, -0.25) is 14.4 Å². The molecule has 0 spiro atoms. The smallest absolute Gasteiger partial charge is 0.325 e. The number of likely N-dealkylation sites (N-methyl/N-ethyl adjacent to an activating group) is 1. The van der Waals surface area contributed by atoms with Gasteiger partial charge in [0.05, 0.1) is 14.2 Å². The number of ether oxygens (including phenoxy) is 3. The van der Waals surface area contributed by atoms with E-state index in [0.717, 1.165) is 25.7 Å². The SMILES string of the molecule is CCN(C(=O)COC(=O)CNC(=O)c1cc(OC)cc(OC)c1)C1CCCCC1. The van der Waals surface area contributed by atoms with Gasteiger partial charge < -0.3 is 24.4 Å². The molecule has 0 atom stereocenters. The van der Waals surface area contributed by atoms with Crippen molar-refractivity contribution in [2.45, 2.75) is 45.1 Å². The molecule has 0 aromatic heterocycles. The van der Waals surface area contributed by atoms with Crippen LogP contribution < -0.4 is 14.8 Å². The molecule has 1 aliphatic rings. The van der Waals surface area contributed by atoms with E-state index in [9.17, 15) is 14.4 Å². The third kappa shape index (κ3) is 6.66. The van der Waals surface area contributed by atoms with Crippen LogP contribution in [0.1, 0.15) is 49.4 Å². The summed E-state index contributed by atoms with van der Waals surface area (Å²) in [6.45, 7) is 1.87. The summed E-state index contributed by atoms with van der Waals surface area (Å²) in [7, 11) is 2.97. The Morgan fingerprint density at radius 3 is 2.21 bits per heavy atom. The van der Waals surface area contributed by atoms with Crippen LogP contribution in [0.25, 0.3) is 0 Å². The Labute approximate surface area is 171 Å². The lowest BCUT2D eigenvalue weighted by atomic mass is 9.94. The second kappa shape index (κ2) is 11.3. The third-order valence-electron chi connectivity index (χ3n) is 5.04. The van der Waals surface area contributed by atoms with Gasteiger partial charge in [0.2, 0.25) is 0 Å². The topological polar surface area (TPSA) is 94.2 Å². The van der Waals surface area contributed by atoms with Crippen molar-refractivity contribution in [1.29, 1.82) is 0 Å². The van der Waals surface area contributed by atoms with Gasteiger partial charge in [0, 0.05) is 24.2 Å². The monoisotopic (exact) mass is 406 g/mol. The second-order valence-corrected chi connectivity index (χ2v) is 6.92. The van der Waals surface area contributed by atoms with Gasteiger partial charge in [0.1, 0.15) is 18.0 Å². The molecule has 29 heavy (non-hydrogen) atoms. The van der Waals surface area contributed by atoms with Gasteiger partial charge in [-0.25, -0.2) is 0 Å². The van der Waals surface area contributed by atoms with Crippen molar-refractivity contribution in [3.05, 3.63) is 23.8 Å². The molecule has 2 rings (SSSR count). The predicted molar refractivity (Wildman–Crippen MR) is 107 cm³/mol. The van der Waals surface area contributed by atoms with Gasteiger partial charge in [-0.15, -0.1) is 0 Å². The average Bonchev–Trinajstić information content (AvgIpc) is 2.76. The van der Waals surface area contributed by atoms with Gasteiger partial charge in [-0.1, -0.05) is 19.3 Å². The van der Waals surface area contributed by atoms with Crippen LogP contribution in [0.4, 0.5) is 0 Å². The molecule has 0 radical (unpaired) electrons. The normalized spacial score (nSPS) is 14.0. The molecular weight excluding hydrogens is 376 g/mol. The van der Waals surface area contributed by atoms with E-state index < -0.39 is 11.9 Å². The first kappa shape index (κ1) is 22.5. The highest BCUT2D eigenvalue weighted by molar-refractivity contribution is 5.96. The molecule has 1 N–H and O–H groups in total. The maximum atomic E-state index is 12.4. The number of hydrogen-bond acceptors (Lipinski definition) is 6. The minimum atomic E-state index is -0.666. The van der Waals surface area contributed by atoms with E-state index in [1.54, 1.807) is 11.0 Å². The molecule has 8 nitrogen and oxygen atoms in total. The van der Waals surface area contributed by atoms with Crippen molar-refractivity contribution >= 4 is 17.8 Å². The molecule has 2 amide bonds. The molecule has 1 aromatic carbocycles. The number of esters is 1. The molecule has 160 valence electrons. The van der Waals surface area contributed by atoms with Crippen LogP contribution in [0, 0.1) is 0 Å². The zero-order valence-electron chi connectivity index (χ0n) is 17.4. The maximum absolute atomic E-state index is 12.4. The van der Waals surface area contributed by atoms with Crippen molar-refractivity contribution in [2.75, 3.05) is 33.9 Å². The van der Waals surface area contributed by atoms with E-state index in [1.807, 2.05) is 6.92 Å². The zero-order valence-corrected chi connectivity index (χ0v) is 17.4. The molecule has 0 bridgehead atoms. The van der Waals surface area contributed by atoms with Crippen LogP contribution in [-0.2, 0) is 14.3 Å². The highest BCUT2D eigenvalue weighted by Crippen LogP contribution is 2.23. The van der Waals surface area contributed by atoms with Gasteiger partial charge in [-0.2, -0.15) is 0 Å². The first-order valence-electron chi connectivity index (χ1n) is 9.94. The Hall–Kier alpha value is -2.77. The minimum Gasteiger partial charge on any atom is -0.497 e. The Morgan fingerprint density at radius 1 is 1.03 bits per heavy atom. The summed E-state index contributed by atoms with van der Waals surface area (Å²) in [5, 5.41) is 2.48. The molecule has 1 saturated carbocycles. The number of benzene rings is 1. The standard InChI is InChI=1S/C21H30N2O6/c1-4-23(16-8-6-5-7-9-16)19(24)14-29-20(25)13-22-21(26)15-10-17(27-2)12-18(11-15)28-3/h10-12,16H,4-9,13-14H2,1-3H3,(H,22,26). The average molecular weight is 406 g/mol. The van der Waals surface area contributed by atoms with Crippen molar-refractivity contribution in [3.63, 3.8) is 0 Å². The lowest BCUT2D eigenvalue weighted by molar-refractivity contribution is -0.152. The van der Waals surface area contributed by atoms with E-state index in [-0.39, 0.29) is 25.1 Å². The fourth-order valence-electron chi connectivity index (χ4n) is 3.50. The first-order chi connectivity index (χ1) is 14.0. The van der Waals surface area contributed by atoms with Gasteiger partial charge in [0.25, 0.3) is 11.8 Å². The van der Waals surface area contributed by atoms with Gasteiger partial charge in [0.15, 0.2) is 6.61 Å². The maximum Gasteiger partial charge on any atom is 0.325 e. The molecule has 1 fully saturated rings. The Morgan fingerprint density at radius 2 is 1.66 bits per heavy atom. The minimum absolute atomic E-state index is 0.198.